The van der Waals surface area contributed by atoms with Gasteiger partial charge in [0.2, 0.25) is 5.91 Å². The first kappa shape index (κ1) is 82.4. The number of hydrogen-bond donors (Lipinski definition) is 2. The van der Waals surface area contributed by atoms with Crippen LogP contribution in [0.2, 0.25) is 0 Å². The van der Waals surface area contributed by atoms with Crippen LogP contribution in [0.4, 0.5) is 0 Å². The van der Waals surface area contributed by atoms with Gasteiger partial charge in [0.1, 0.15) is 19.3 Å². The highest BCUT2D eigenvalue weighted by atomic mass is 31.2. The molecule has 0 aliphatic carbocycles. The number of unbranched alkanes of at least 4 members (excludes halogenated alkanes) is 29. The van der Waals surface area contributed by atoms with Crippen LogP contribution < -0.4 is 5.32 Å². The number of likely N-dealkylation sites (N-methyl/N-ethyl adjacent to an activating group) is 1. The summed E-state index contributed by atoms with van der Waals surface area (Å²) in [6, 6.07) is -0.875. The molecule has 0 saturated carbocycles. The average Bonchev–Trinajstić information content (AvgIpc) is 3.69. The van der Waals surface area contributed by atoms with Crippen LogP contribution in [0.25, 0.3) is 0 Å². The first-order chi connectivity index (χ1) is 41.9. The maximum Gasteiger partial charge on any atom is 0.472 e. The molecular weight excluding hydrogens is 1080 g/mol. The van der Waals surface area contributed by atoms with Gasteiger partial charge in [0.05, 0.1) is 33.8 Å². The van der Waals surface area contributed by atoms with Gasteiger partial charge in [-0.15, -0.1) is 0 Å². The number of carbonyl (C=O) groups excluding carboxylic acids is 2. The van der Waals surface area contributed by atoms with Crippen LogP contribution >= 0.6 is 7.82 Å². The van der Waals surface area contributed by atoms with E-state index in [9.17, 15) is 19.0 Å². The van der Waals surface area contributed by atoms with E-state index in [0.29, 0.717) is 23.9 Å². The summed E-state index contributed by atoms with van der Waals surface area (Å²) in [6.45, 7) is 6.85. The Hall–Kier alpha value is -3.59. The maximum atomic E-state index is 13.6. The molecule has 0 aliphatic heterocycles. The molecule has 86 heavy (non-hydrogen) atoms. The zero-order valence-electron chi connectivity index (χ0n) is 56.5. The van der Waals surface area contributed by atoms with Gasteiger partial charge in [0, 0.05) is 12.8 Å². The zero-order valence-corrected chi connectivity index (χ0v) is 57.4. The Bertz CT molecular complexity index is 1890. The first-order valence-corrected chi connectivity index (χ1v) is 36.9. The third-order valence-electron chi connectivity index (χ3n) is 15.1. The molecule has 0 radical (unpaired) electrons. The topological polar surface area (TPSA) is 111 Å². The number of phosphoric ester groups is 1. The van der Waals surface area contributed by atoms with Gasteiger partial charge in [-0.25, -0.2) is 4.57 Å². The molecule has 0 saturated heterocycles. The van der Waals surface area contributed by atoms with E-state index in [4.69, 9.17) is 13.8 Å². The third-order valence-corrected chi connectivity index (χ3v) is 16.1. The van der Waals surface area contributed by atoms with Crippen molar-refractivity contribution in [3.63, 3.8) is 0 Å². The molecule has 0 aromatic carbocycles. The second kappa shape index (κ2) is 64.4. The highest BCUT2D eigenvalue weighted by molar-refractivity contribution is 7.47. The average molecular weight is 1220 g/mol. The molecule has 3 atom stereocenters. The predicted octanol–water partition coefficient (Wildman–Crippen LogP) is 22.6. The number of nitrogens with one attached hydrogen (secondary N) is 1. The Morgan fingerprint density at radius 1 is 0.419 bits per heavy atom. The van der Waals surface area contributed by atoms with Crippen molar-refractivity contribution in [1.82, 2.24) is 5.32 Å². The van der Waals surface area contributed by atoms with E-state index in [-0.39, 0.29) is 31.5 Å². The molecule has 10 heteroatoms. The highest BCUT2D eigenvalue weighted by Gasteiger charge is 2.30. The number of hydrogen-bond acceptors (Lipinski definition) is 6. The summed E-state index contributed by atoms with van der Waals surface area (Å²) >= 11 is 0. The number of ether oxygens (including phenoxy) is 1. The summed E-state index contributed by atoms with van der Waals surface area (Å²) in [5.74, 6) is -0.557. The smallest absolute Gasteiger partial charge is 0.456 e. The van der Waals surface area contributed by atoms with E-state index in [2.05, 4.69) is 135 Å². The van der Waals surface area contributed by atoms with Crippen LogP contribution in [-0.4, -0.2) is 74.3 Å². The minimum absolute atomic E-state index is 0.0276. The maximum absolute atomic E-state index is 13.6. The molecule has 0 heterocycles. The number of allylic oxidation sites excluding steroid dienone is 19. The molecule has 0 fully saturated rings. The number of esters is 1. The fraction of sp³-hybridized carbons (Fsp3) is 0.711. The number of quaternary nitrogens is 1. The molecule has 0 aromatic heterocycles. The molecule has 0 aliphatic rings. The Labute approximate surface area is 531 Å². The van der Waals surface area contributed by atoms with Gasteiger partial charge in [-0.1, -0.05) is 284 Å². The van der Waals surface area contributed by atoms with Gasteiger partial charge in [-0.3, -0.25) is 18.6 Å². The summed E-state index contributed by atoms with van der Waals surface area (Å²) in [4.78, 5) is 37.9. The highest BCUT2D eigenvalue weighted by Crippen LogP contribution is 2.43. The van der Waals surface area contributed by atoms with Crippen molar-refractivity contribution < 1.29 is 37.3 Å². The second-order valence-electron chi connectivity index (χ2n) is 24.7. The van der Waals surface area contributed by atoms with E-state index in [1.54, 1.807) is 0 Å². The Morgan fingerprint density at radius 3 is 1.15 bits per heavy atom. The van der Waals surface area contributed by atoms with Crippen molar-refractivity contribution in [1.29, 1.82) is 0 Å². The van der Waals surface area contributed by atoms with Crippen LogP contribution in [0.3, 0.4) is 0 Å². The monoisotopic (exact) mass is 1220 g/mol. The summed E-state index contributed by atoms with van der Waals surface area (Å²) in [6.07, 6.45) is 90.7. The van der Waals surface area contributed by atoms with Crippen LogP contribution in [0.15, 0.2) is 122 Å². The molecule has 9 nitrogen and oxygen atoms in total. The summed E-state index contributed by atoms with van der Waals surface area (Å²) in [5.41, 5.74) is 0. The lowest BCUT2D eigenvalue weighted by Crippen LogP contribution is -2.47. The summed E-state index contributed by atoms with van der Waals surface area (Å²) in [5, 5.41) is 3.06. The van der Waals surface area contributed by atoms with Crippen LogP contribution in [0.1, 0.15) is 297 Å². The molecule has 1 amide bonds. The van der Waals surface area contributed by atoms with Gasteiger partial charge in [0.15, 0.2) is 0 Å². The van der Waals surface area contributed by atoms with Crippen molar-refractivity contribution in [2.45, 2.75) is 309 Å². The van der Waals surface area contributed by atoms with Gasteiger partial charge in [-0.05, 0) is 122 Å². The largest absolute Gasteiger partial charge is 0.472 e. The predicted molar refractivity (Wildman–Crippen MR) is 373 cm³/mol. The van der Waals surface area contributed by atoms with Gasteiger partial charge < -0.3 is 19.4 Å². The first-order valence-electron chi connectivity index (χ1n) is 35.4. The number of carbonyl (C=O) groups is 2. The van der Waals surface area contributed by atoms with Crippen molar-refractivity contribution in [2.75, 3.05) is 40.9 Å². The minimum Gasteiger partial charge on any atom is -0.456 e. The number of phosphoric acid groups is 1. The van der Waals surface area contributed by atoms with Crippen molar-refractivity contribution in [3.05, 3.63) is 122 Å². The minimum atomic E-state index is -4.47. The SMILES string of the molecule is CC/C=C\C/C=C\C/C=C\C/C=C\C/C=C\C/C=C\CCCCC(=O)OC(/C=C\CCCCCCCCCCCC)C(COP(=O)(O)OCC[N+](C)(C)C)NC(=O)CCCCCCCCCCCCCCCC/C=C\C/C=C\C/C=C\CCCCC. The molecular formula is C76H134N2O7P+. The van der Waals surface area contributed by atoms with E-state index >= 15 is 0 Å². The van der Waals surface area contributed by atoms with Crippen LogP contribution in [-0.2, 0) is 27.9 Å². The lowest BCUT2D eigenvalue weighted by molar-refractivity contribution is -0.870. The fourth-order valence-corrected chi connectivity index (χ4v) is 10.5. The Balaban J connectivity index is 5.13. The molecule has 0 spiro atoms. The van der Waals surface area contributed by atoms with Crippen molar-refractivity contribution >= 4 is 19.7 Å². The quantitative estimate of drug-likeness (QED) is 0.0205. The molecule has 0 rings (SSSR count). The van der Waals surface area contributed by atoms with E-state index in [1.165, 1.54) is 154 Å². The Kier molecular flexibility index (Phi) is 61.7. The van der Waals surface area contributed by atoms with Gasteiger partial charge >= 0.3 is 13.8 Å². The molecule has 494 valence electrons. The lowest BCUT2D eigenvalue weighted by Gasteiger charge is -2.27. The third kappa shape index (κ3) is 64.9. The zero-order chi connectivity index (χ0) is 62.8. The van der Waals surface area contributed by atoms with Crippen LogP contribution in [0.5, 0.6) is 0 Å². The van der Waals surface area contributed by atoms with Crippen molar-refractivity contribution in [3.8, 4) is 0 Å². The van der Waals surface area contributed by atoms with Crippen molar-refractivity contribution in [2.24, 2.45) is 0 Å². The van der Waals surface area contributed by atoms with Gasteiger partial charge in [-0.2, -0.15) is 0 Å². The van der Waals surface area contributed by atoms with E-state index in [0.717, 1.165) is 103 Å². The van der Waals surface area contributed by atoms with E-state index in [1.807, 2.05) is 33.3 Å². The van der Waals surface area contributed by atoms with E-state index < -0.39 is 20.0 Å². The molecule has 0 bridgehead atoms. The normalized spacial score (nSPS) is 14.3. The fourth-order valence-electron chi connectivity index (χ4n) is 9.72. The summed E-state index contributed by atoms with van der Waals surface area (Å²) < 4.78 is 30.8. The Morgan fingerprint density at radius 2 is 0.744 bits per heavy atom. The second-order valence-corrected chi connectivity index (χ2v) is 26.1. The molecule has 3 unspecified atom stereocenters. The number of nitrogens with zero attached hydrogens (tertiary/aromatic N) is 1. The lowest BCUT2D eigenvalue weighted by atomic mass is 10.0. The van der Waals surface area contributed by atoms with Crippen LogP contribution in [0, 0.1) is 0 Å². The standard InChI is InChI=1S/C76H133N2O7P/c1-7-10-13-16-19-22-25-28-30-32-34-36-37-38-39-40-41-43-44-46-48-50-53-56-59-62-65-68-75(79)77-73(72-84-86(81,82)83-71-70-78(4,5)6)74(67-64-61-58-55-52-27-24-21-18-15-12-9-3)85-76(80)69-66-63-60-57-54-51-49-47-45-42-35-33-31-29-26-23-20-17-14-11-8-2/h11,14,19-20,22-23,28-31,34-36,42,47,49,54,57,64,67,73-74H,7-10,12-13,15-18,21,24-27,32-33,37-41,43-46,48,50-53,55-56,58-63,65-66,68-72H2,1-6H3,(H-,77,79,81,82)/p+1/b14-11-,22-19-,23-20-,30-28-,31-29-,36-34-,42-35-,49-47-,57-54-,67-64-. The molecule has 0 aromatic rings. The summed E-state index contributed by atoms with van der Waals surface area (Å²) in [7, 11) is 1.46. The van der Waals surface area contributed by atoms with Gasteiger partial charge in [0.25, 0.3) is 0 Å². The number of rotatable bonds is 63. The molecule has 2 N–H and O–H groups in total. The number of amides is 1.